The van der Waals surface area contributed by atoms with E-state index in [0.29, 0.717) is 0 Å². The highest BCUT2D eigenvalue weighted by Crippen LogP contribution is 2.26. The van der Waals surface area contributed by atoms with Gasteiger partial charge in [-0.2, -0.15) is 0 Å². The molecule has 1 aromatic carbocycles. The van der Waals surface area contributed by atoms with Crippen LogP contribution in [0.4, 0.5) is 0 Å². The molecule has 0 bridgehead atoms. The molecule has 0 aliphatic heterocycles. The molecule has 0 aliphatic carbocycles. The average molecular weight is 234 g/mol. The van der Waals surface area contributed by atoms with Crippen LogP contribution in [0, 0.1) is 0 Å². The number of hydrogen-bond acceptors (Lipinski definition) is 3. The largest absolute Gasteiger partial charge is 0.496 e. The molecule has 2 aromatic rings. The lowest BCUT2D eigenvalue weighted by Gasteiger charge is -2.07. The highest BCUT2D eigenvalue weighted by atomic mass is 32.2. The average Bonchev–Trinajstić information content (AvgIpc) is 2.72. The van der Waals surface area contributed by atoms with Crippen LogP contribution in [0.25, 0.3) is 0 Å². The SMILES string of the molecule is COc1ccccc1CSc1nccn1C. The van der Waals surface area contributed by atoms with Crippen LogP contribution in [0.1, 0.15) is 5.56 Å². The van der Waals surface area contributed by atoms with Crippen LogP contribution in [-0.2, 0) is 12.8 Å². The van der Waals surface area contributed by atoms with Crippen molar-refractivity contribution in [2.24, 2.45) is 7.05 Å². The topological polar surface area (TPSA) is 27.1 Å². The van der Waals surface area contributed by atoms with Gasteiger partial charge in [0.15, 0.2) is 5.16 Å². The maximum atomic E-state index is 5.30. The Hall–Kier alpha value is -1.42. The number of hydrogen-bond donors (Lipinski definition) is 0. The summed E-state index contributed by atoms with van der Waals surface area (Å²) in [5.74, 6) is 1.80. The zero-order valence-corrected chi connectivity index (χ0v) is 10.2. The van der Waals surface area contributed by atoms with Crippen LogP contribution in [0.2, 0.25) is 0 Å². The molecule has 0 spiro atoms. The van der Waals surface area contributed by atoms with Gasteiger partial charge in [-0.3, -0.25) is 0 Å². The number of aryl methyl sites for hydroxylation is 1. The first-order valence-corrected chi connectivity index (χ1v) is 6.02. The Labute approximate surface area is 99.5 Å². The molecule has 16 heavy (non-hydrogen) atoms. The van der Waals surface area contributed by atoms with Crippen molar-refractivity contribution in [1.82, 2.24) is 9.55 Å². The Balaban J connectivity index is 2.07. The van der Waals surface area contributed by atoms with E-state index in [4.69, 9.17) is 4.74 Å². The quantitative estimate of drug-likeness (QED) is 0.761. The molecule has 4 heteroatoms. The molecule has 0 radical (unpaired) electrons. The fourth-order valence-electron chi connectivity index (χ4n) is 1.46. The Morgan fingerprint density at radius 3 is 2.88 bits per heavy atom. The number of benzene rings is 1. The fourth-order valence-corrected chi connectivity index (χ4v) is 2.38. The van der Waals surface area contributed by atoms with E-state index in [-0.39, 0.29) is 0 Å². The summed E-state index contributed by atoms with van der Waals surface area (Å²) in [7, 11) is 3.70. The smallest absolute Gasteiger partial charge is 0.167 e. The summed E-state index contributed by atoms with van der Waals surface area (Å²) in [6, 6.07) is 8.06. The Kier molecular flexibility index (Phi) is 3.51. The van der Waals surface area contributed by atoms with Crippen molar-refractivity contribution in [2.75, 3.05) is 7.11 Å². The minimum Gasteiger partial charge on any atom is -0.496 e. The van der Waals surface area contributed by atoms with E-state index in [9.17, 15) is 0 Å². The number of para-hydroxylation sites is 1. The molecule has 0 aliphatic rings. The summed E-state index contributed by atoms with van der Waals surface area (Å²) in [4.78, 5) is 4.27. The van der Waals surface area contributed by atoms with Crippen molar-refractivity contribution in [2.45, 2.75) is 10.9 Å². The van der Waals surface area contributed by atoms with E-state index in [2.05, 4.69) is 11.1 Å². The molecule has 0 fully saturated rings. The van der Waals surface area contributed by atoms with E-state index in [1.54, 1.807) is 18.9 Å². The van der Waals surface area contributed by atoms with Gasteiger partial charge in [-0.05, 0) is 6.07 Å². The number of imidazole rings is 1. The van der Waals surface area contributed by atoms with E-state index in [1.807, 2.05) is 42.2 Å². The number of aromatic nitrogens is 2. The summed E-state index contributed by atoms with van der Waals surface area (Å²) >= 11 is 1.71. The molecule has 0 N–H and O–H groups in total. The van der Waals surface area contributed by atoms with Crippen molar-refractivity contribution < 1.29 is 4.74 Å². The zero-order chi connectivity index (χ0) is 11.4. The predicted octanol–water partition coefficient (Wildman–Crippen LogP) is 2.72. The lowest BCUT2D eigenvalue weighted by Crippen LogP contribution is -1.92. The van der Waals surface area contributed by atoms with E-state index in [1.165, 1.54) is 5.56 Å². The third-order valence-corrected chi connectivity index (χ3v) is 3.43. The summed E-state index contributed by atoms with van der Waals surface area (Å²) < 4.78 is 7.32. The van der Waals surface area contributed by atoms with Crippen LogP contribution >= 0.6 is 11.8 Å². The normalized spacial score (nSPS) is 10.4. The predicted molar refractivity (Wildman–Crippen MR) is 65.8 cm³/mol. The van der Waals surface area contributed by atoms with Crippen LogP contribution in [0.3, 0.4) is 0 Å². The van der Waals surface area contributed by atoms with Gasteiger partial charge >= 0.3 is 0 Å². The summed E-state index contributed by atoms with van der Waals surface area (Å²) in [5, 5.41) is 1.02. The van der Waals surface area contributed by atoms with Gasteiger partial charge in [-0.25, -0.2) is 4.98 Å². The first kappa shape index (κ1) is 11.1. The van der Waals surface area contributed by atoms with E-state index in [0.717, 1.165) is 16.7 Å². The van der Waals surface area contributed by atoms with Gasteiger partial charge in [0, 0.05) is 30.8 Å². The minimum atomic E-state index is 0.870. The van der Waals surface area contributed by atoms with Gasteiger partial charge < -0.3 is 9.30 Å². The second kappa shape index (κ2) is 5.07. The van der Waals surface area contributed by atoms with Gasteiger partial charge in [0.25, 0.3) is 0 Å². The number of methoxy groups -OCH3 is 1. The Morgan fingerprint density at radius 1 is 1.38 bits per heavy atom. The van der Waals surface area contributed by atoms with Crippen LogP contribution in [0.5, 0.6) is 5.75 Å². The van der Waals surface area contributed by atoms with Gasteiger partial charge in [-0.1, -0.05) is 30.0 Å². The molecule has 2 rings (SSSR count). The molecule has 3 nitrogen and oxygen atoms in total. The molecule has 1 aromatic heterocycles. The monoisotopic (exact) mass is 234 g/mol. The fraction of sp³-hybridized carbons (Fsp3) is 0.250. The number of ether oxygens (including phenoxy) is 1. The minimum absolute atomic E-state index is 0.870. The lowest BCUT2D eigenvalue weighted by atomic mass is 10.2. The molecule has 0 saturated heterocycles. The molecule has 1 heterocycles. The van der Waals surface area contributed by atoms with Crippen LogP contribution in [0.15, 0.2) is 41.8 Å². The van der Waals surface area contributed by atoms with E-state index < -0.39 is 0 Å². The molecule has 0 atom stereocenters. The van der Waals surface area contributed by atoms with Crippen molar-refractivity contribution in [3.63, 3.8) is 0 Å². The van der Waals surface area contributed by atoms with Crippen molar-refractivity contribution in [1.29, 1.82) is 0 Å². The third kappa shape index (κ3) is 2.39. The molecule has 84 valence electrons. The lowest BCUT2D eigenvalue weighted by molar-refractivity contribution is 0.411. The molecule has 0 amide bonds. The van der Waals surface area contributed by atoms with Crippen molar-refractivity contribution in [3.05, 3.63) is 42.2 Å². The van der Waals surface area contributed by atoms with Gasteiger partial charge in [0.2, 0.25) is 0 Å². The summed E-state index contributed by atoms with van der Waals surface area (Å²) in [6.07, 6.45) is 3.76. The van der Waals surface area contributed by atoms with Crippen molar-refractivity contribution in [3.8, 4) is 5.75 Å². The van der Waals surface area contributed by atoms with Crippen molar-refractivity contribution >= 4 is 11.8 Å². The second-order valence-corrected chi connectivity index (χ2v) is 4.36. The van der Waals surface area contributed by atoms with Gasteiger partial charge in [0.05, 0.1) is 7.11 Å². The maximum Gasteiger partial charge on any atom is 0.167 e. The molecular formula is C12H14N2OS. The highest BCUT2D eigenvalue weighted by molar-refractivity contribution is 7.98. The molecule has 0 saturated carbocycles. The number of rotatable bonds is 4. The second-order valence-electron chi connectivity index (χ2n) is 3.42. The summed E-state index contributed by atoms with van der Waals surface area (Å²) in [5.41, 5.74) is 1.19. The maximum absolute atomic E-state index is 5.30. The van der Waals surface area contributed by atoms with Crippen LogP contribution in [-0.4, -0.2) is 16.7 Å². The highest BCUT2D eigenvalue weighted by Gasteiger charge is 2.04. The number of nitrogens with zero attached hydrogens (tertiary/aromatic N) is 2. The Bertz CT molecular complexity index is 468. The first-order chi connectivity index (χ1) is 7.81. The number of thioether (sulfide) groups is 1. The van der Waals surface area contributed by atoms with Gasteiger partial charge in [0.1, 0.15) is 5.75 Å². The standard InChI is InChI=1S/C12H14N2OS/c1-14-8-7-13-12(14)16-9-10-5-3-4-6-11(10)15-2/h3-8H,9H2,1-2H3. The molecular weight excluding hydrogens is 220 g/mol. The van der Waals surface area contributed by atoms with Gasteiger partial charge in [-0.15, -0.1) is 0 Å². The van der Waals surface area contributed by atoms with Crippen LogP contribution < -0.4 is 4.74 Å². The third-order valence-electron chi connectivity index (χ3n) is 2.33. The summed E-state index contributed by atoms with van der Waals surface area (Å²) in [6.45, 7) is 0. The first-order valence-electron chi connectivity index (χ1n) is 5.03. The Morgan fingerprint density at radius 2 is 2.19 bits per heavy atom. The zero-order valence-electron chi connectivity index (χ0n) is 9.38. The molecule has 0 unspecified atom stereocenters. The van der Waals surface area contributed by atoms with E-state index >= 15 is 0 Å².